The van der Waals surface area contributed by atoms with Gasteiger partial charge < -0.3 is 10.2 Å². The van der Waals surface area contributed by atoms with E-state index in [-0.39, 0.29) is 18.5 Å². The molecule has 0 radical (unpaired) electrons. The van der Waals surface area contributed by atoms with Crippen molar-refractivity contribution in [2.45, 2.75) is 44.7 Å². The molecule has 33 heavy (non-hydrogen) atoms. The summed E-state index contributed by atoms with van der Waals surface area (Å²) in [5.41, 5.74) is 3.01. The first-order valence-electron chi connectivity index (χ1n) is 11.2. The lowest BCUT2D eigenvalue weighted by Gasteiger charge is -2.26. The van der Waals surface area contributed by atoms with E-state index in [0.29, 0.717) is 0 Å². The number of aromatic nitrogens is 1. The molecule has 1 aliphatic heterocycles. The minimum Gasteiger partial charge on any atom is -0.335 e. The summed E-state index contributed by atoms with van der Waals surface area (Å²) in [5.74, 6) is -0.719. The lowest BCUT2D eigenvalue weighted by atomic mass is 9.89. The number of imide groups is 1. The van der Waals surface area contributed by atoms with Gasteiger partial charge in [0.05, 0.1) is 16.3 Å². The molecule has 2 aliphatic rings. The second-order valence-corrected chi connectivity index (χ2v) is 10.0. The van der Waals surface area contributed by atoms with Crippen LogP contribution in [0.5, 0.6) is 0 Å². The predicted octanol–water partition coefficient (Wildman–Crippen LogP) is 3.77. The van der Waals surface area contributed by atoms with Gasteiger partial charge in [-0.05, 0) is 61.9 Å². The number of para-hydroxylation sites is 1. The molecule has 3 aromatic rings. The molecule has 4 amide bonds. The van der Waals surface area contributed by atoms with E-state index in [2.05, 4.69) is 10.3 Å². The van der Waals surface area contributed by atoms with E-state index in [1.807, 2.05) is 49.4 Å². The molecule has 170 valence electrons. The third-order valence-electron chi connectivity index (χ3n) is 6.89. The van der Waals surface area contributed by atoms with Gasteiger partial charge in [-0.25, -0.2) is 9.78 Å². The molecule has 0 saturated carbocycles. The summed E-state index contributed by atoms with van der Waals surface area (Å²) in [4.78, 5) is 46.3. The van der Waals surface area contributed by atoms with E-state index >= 15 is 0 Å². The van der Waals surface area contributed by atoms with E-state index in [0.717, 1.165) is 45.0 Å². The molecule has 1 aromatic heterocycles. The molecule has 1 saturated heterocycles. The van der Waals surface area contributed by atoms with Gasteiger partial charge in [0.15, 0.2) is 0 Å². The zero-order valence-electron chi connectivity index (χ0n) is 18.9. The standard InChI is InChI=1S/C25H26N4O3S/c1-15(22-26-19-9-4-5-10-20(19)33-22)28(3)21(30)14-29-23(31)25(2,27-24(29)32)18-12-11-16-7-6-8-17(16)13-18/h4-5,9-13,15H,6-8,14H2,1-3H3,(H,27,32)/t15-,25-/m0/s1. The predicted molar refractivity (Wildman–Crippen MR) is 127 cm³/mol. The van der Waals surface area contributed by atoms with E-state index in [9.17, 15) is 14.4 Å². The minimum atomic E-state index is -1.17. The fourth-order valence-electron chi connectivity index (χ4n) is 4.62. The lowest BCUT2D eigenvalue weighted by Crippen LogP contribution is -2.44. The van der Waals surface area contributed by atoms with Crippen LogP contribution in [0, 0.1) is 0 Å². The Kier molecular flexibility index (Phi) is 5.20. The molecule has 1 fully saturated rings. The van der Waals surface area contributed by atoms with Gasteiger partial charge in [0.25, 0.3) is 5.91 Å². The van der Waals surface area contributed by atoms with Crippen LogP contribution in [-0.2, 0) is 28.0 Å². The number of carbonyl (C=O) groups is 3. The van der Waals surface area contributed by atoms with Crippen LogP contribution in [0.1, 0.15) is 48.0 Å². The number of hydrogen-bond donors (Lipinski definition) is 1. The number of fused-ring (bicyclic) bond motifs is 2. The summed E-state index contributed by atoms with van der Waals surface area (Å²) in [5, 5.41) is 3.63. The highest BCUT2D eigenvalue weighted by Crippen LogP contribution is 2.33. The molecule has 2 heterocycles. The first-order chi connectivity index (χ1) is 15.8. The lowest BCUT2D eigenvalue weighted by molar-refractivity contribution is -0.139. The Bertz CT molecular complexity index is 1250. The molecular weight excluding hydrogens is 436 g/mol. The van der Waals surface area contributed by atoms with Crippen LogP contribution in [0.3, 0.4) is 0 Å². The average Bonchev–Trinajstić information content (AvgIpc) is 3.51. The first kappa shape index (κ1) is 21.6. The number of amides is 4. The molecule has 0 unspecified atom stereocenters. The SMILES string of the molecule is C[C@@H](c1nc2ccccc2s1)N(C)C(=O)CN1C(=O)N[C@@](C)(c2ccc3c(c2)CCC3)C1=O. The molecule has 0 spiro atoms. The second kappa shape index (κ2) is 7.95. The van der Waals surface area contributed by atoms with Crippen molar-refractivity contribution in [1.82, 2.24) is 20.1 Å². The van der Waals surface area contributed by atoms with E-state index in [1.165, 1.54) is 22.5 Å². The zero-order valence-corrected chi connectivity index (χ0v) is 19.7. The van der Waals surface area contributed by atoms with Gasteiger partial charge in [0.1, 0.15) is 17.1 Å². The van der Waals surface area contributed by atoms with Crippen LogP contribution in [0.2, 0.25) is 0 Å². The Hall–Kier alpha value is -3.26. The fraction of sp³-hybridized carbons (Fsp3) is 0.360. The number of carbonyl (C=O) groups excluding carboxylic acids is 3. The maximum Gasteiger partial charge on any atom is 0.325 e. The molecule has 8 heteroatoms. The molecule has 1 N–H and O–H groups in total. The zero-order chi connectivity index (χ0) is 23.3. The van der Waals surface area contributed by atoms with Crippen LogP contribution in [0.4, 0.5) is 4.79 Å². The normalized spacial score (nSPS) is 20.8. The highest BCUT2D eigenvalue weighted by molar-refractivity contribution is 7.18. The Morgan fingerprint density at radius 3 is 2.76 bits per heavy atom. The first-order valence-corrected chi connectivity index (χ1v) is 12.0. The van der Waals surface area contributed by atoms with Crippen molar-refractivity contribution in [3.05, 3.63) is 64.2 Å². The van der Waals surface area contributed by atoms with Gasteiger partial charge in [-0.2, -0.15) is 0 Å². The monoisotopic (exact) mass is 462 g/mol. The molecule has 7 nitrogen and oxygen atoms in total. The number of hydrogen-bond acceptors (Lipinski definition) is 5. The summed E-state index contributed by atoms with van der Waals surface area (Å²) in [6.45, 7) is 3.30. The quantitative estimate of drug-likeness (QED) is 0.585. The number of likely N-dealkylation sites (N-methyl/N-ethyl adjacent to an activating group) is 1. The maximum atomic E-state index is 13.3. The largest absolute Gasteiger partial charge is 0.335 e. The van der Waals surface area contributed by atoms with Crippen LogP contribution in [-0.4, -0.2) is 46.2 Å². The Morgan fingerprint density at radius 1 is 1.21 bits per heavy atom. The summed E-state index contributed by atoms with van der Waals surface area (Å²) >= 11 is 1.54. The number of aryl methyl sites for hydroxylation is 2. The van der Waals surface area contributed by atoms with Crippen molar-refractivity contribution in [2.75, 3.05) is 13.6 Å². The van der Waals surface area contributed by atoms with Crippen molar-refractivity contribution < 1.29 is 14.4 Å². The number of nitrogens with zero attached hydrogens (tertiary/aromatic N) is 3. The molecular formula is C25H26N4O3S. The summed E-state index contributed by atoms with van der Waals surface area (Å²) in [6.07, 6.45) is 3.14. The van der Waals surface area contributed by atoms with E-state index in [4.69, 9.17) is 0 Å². The fourth-order valence-corrected chi connectivity index (χ4v) is 5.68. The van der Waals surface area contributed by atoms with Crippen LogP contribution < -0.4 is 5.32 Å². The van der Waals surface area contributed by atoms with Crippen LogP contribution in [0.25, 0.3) is 10.2 Å². The Morgan fingerprint density at radius 2 is 1.97 bits per heavy atom. The number of urea groups is 1. The Labute approximate surface area is 196 Å². The molecule has 2 atom stereocenters. The Balaban J connectivity index is 1.32. The van der Waals surface area contributed by atoms with E-state index < -0.39 is 17.5 Å². The van der Waals surface area contributed by atoms with Crippen LogP contribution >= 0.6 is 11.3 Å². The van der Waals surface area contributed by atoms with Gasteiger partial charge in [-0.1, -0.05) is 30.3 Å². The van der Waals surface area contributed by atoms with Crippen molar-refractivity contribution in [3.8, 4) is 0 Å². The van der Waals surface area contributed by atoms with Crippen molar-refractivity contribution >= 4 is 39.4 Å². The number of nitrogens with one attached hydrogen (secondary N) is 1. The van der Waals surface area contributed by atoms with Crippen LogP contribution in [0.15, 0.2) is 42.5 Å². The number of rotatable bonds is 5. The third kappa shape index (κ3) is 3.58. The summed E-state index contributed by atoms with van der Waals surface area (Å²) < 4.78 is 1.06. The molecule has 1 aliphatic carbocycles. The summed E-state index contributed by atoms with van der Waals surface area (Å²) in [6, 6.07) is 13.0. The third-order valence-corrected chi connectivity index (χ3v) is 8.09. The van der Waals surface area contributed by atoms with Crippen molar-refractivity contribution in [3.63, 3.8) is 0 Å². The molecule has 5 rings (SSSR count). The van der Waals surface area contributed by atoms with Gasteiger partial charge in [-0.15, -0.1) is 11.3 Å². The number of benzene rings is 2. The highest BCUT2D eigenvalue weighted by atomic mass is 32.1. The molecule has 2 aromatic carbocycles. The number of thiazole rings is 1. The van der Waals surface area contributed by atoms with Gasteiger partial charge in [0, 0.05) is 7.05 Å². The topological polar surface area (TPSA) is 82.6 Å². The van der Waals surface area contributed by atoms with Gasteiger partial charge in [-0.3, -0.25) is 14.5 Å². The maximum absolute atomic E-state index is 13.3. The molecule has 0 bridgehead atoms. The van der Waals surface area contributed by atoms with Gasteiger partial charge >= 0.3 is 6.03 Å². The summed E-state index contributed by atoms with van der Waals surface area (Å²) in [7, 11) is 1.68. The van der Waals surface area contributed by atoms with Crippen molar-refractivity contribution in [2.24, 2.45) is 0 Å². The second-order valence-electron chi connectivity index (χ2n) is 8.98. The highest BCUT2D eigenvalue weighted by Gasteiger charge is 2.50. The smallest absolute Gasteiger partial charge is 0.325 e. The average molecular weight is 463 g/mol. The van der Waals surface area contributed by atoms with Crippen molar-refractivity contribution in [1.29, 1.82) is 0 Å². The van der Waals surface area contributed by atoms with E-state index in [1.54, 1.807) is 18.9 Å². The minimum absolute atomic E-state index is 0.279. The van der Waals surface area contributed by atoms with Gasteiger partial charge in [0.2, 0.25) is 5.91 Å².